The van der Waals surface area contributed by atoms with E-state index in [1.54, 1.807) is 0 Å². The van der Waals surface area contributed by atoms with Crippen molar-refractivity contribution in [3.63, 3.8) is 0 Å². The van der Waals surface area contributed by atoms with Crippen molar-refractivity contribution in [2.75, 3.05) is 0 Å². The number of nitrogens with zero attached hydrogens (tertiary/aromatic N) is 1. The maximum absolute atomic E-state index is 11.2. The van der Waals surface area contributed by atoms with Gasteiger partial charge in [-0.1, -0.05) is 0 Å². The van der Waals surface area contributed by atoms with Crippen LogP contribution in [-0.4, -0.2) is 22.9 Å². The Bertz CT molecular complexity index is 313. The first-order valence-electron chi connectivity index (χ1n) is 4.50. The van der Waals surface area contributed by atoms with Crippen LogP contribution in [-0.2, 0) is 14.3 Å². The van der Waals surface area contributed by atoms with Crippen LogP contribution in [0.4, 0.5) is 0 Å². The number of rotatable bonds is 1. The van der Waals surface area contributed by atoms with E-state index in [-0.39, 0.29) is 0 Å². The molecule has 1 saturated heterocycles. The Balaban J connectivity index is 2.27. The standard InChI is InChI=1S/C8H9NO5/c10-7-4-2-1-3-5(9(12)13)6(4)8(11)14-7/h4-6H,1-3H2. The Kier molecular flexibility index (Phi) is 1.98. The van der Waals surface area contributed by atoms with E-state index < -0.39 is 34.7 Å². The van der Waals surface area contributed by atoms with Gasteiger partial charge in [-0.05, 0) is 12.8 Å². The van der Waals surface area contributed by atoms with Crippen LogP contribution in [0.5, 0.6) is 0 Å². The van der Waals surface area contributed by atoms with Gasteiger partial charge < -0.3 is 4.74 Å². The molecule has 0 N–H and O–H groups in total. The summed E-state index contributed by atoms with van der Waals surface area (Å²) in [6.45, 7) is 0. The SMILES string of the molecule is O=C1OC(=O)C2C1CCCC2[N+](=O)[O-]. The fourth-order valence-electron chi connectivity index (χ4n) is 2.24. The molecular formula is C8H9NO5. The summed E-state index contributed by atoms with van der Waals surface area (Å²) >= 11 is 0. The number of hydrogen-bond donors (Lipinski definition) is 0. The molecule has 2 fully saturated rings. The van der Waals surface area contributed by atoms with E-state index in [9.17, 15) is 19.7 Å². The first-order chi connectivity index (χ1) is 6.61. The second-order valence-electron chi connectivity index (χ2n) is 3.66. The van der Waals surface area contributed by atoms with Crippen molar-refractivity contribution in [2.24, 2.45) is 11.8 Å². The molecule has 0 bridgehead atoms. The Hall–Kier alpha value is -1.46. The predicted octanol–water partition coefficient (Wildman–Crippen LogP) is 0.131. The van der Waals surface area contributed by atoms with Gasteiger partial charge in [0.05, 0.1) is 5.92 Å². The van der Waals surface area contributed by atoms with Crippen LogP contribution in [0.25, 0.3) is 0 Å². The fraction of sp³-hybridized carbons (Fsp3) is 0.750. The zero-order valence-corrected chi connectivity index (χ0v) is 7.34. The van der Waals surface area contributed by atoms with E-state index in [1.165, 1.54) is 0 Å². The highest BCUT2D eigenvalue weighted by Crippen LogP contribution is 2.37. The van der Waals surface area contributed by atoms with Crippen LogP contribution in [0.15, 0.2) is 0 Å². The number of nitro groups is 1. The summed E-state index contributed by atoms with van der Waals surface area (Å²) < 4.78 is 4.41. The normalized spacial score (nSPS) is 36.4. The Morgan fingerprint density at radius 2 is 2.00 bits per heavy atom. The molecule has 0 aromatic carbocycles. The summed E-state index contributed by atoms with van der Waals surface area (Å²) in [7, 11) is 0. The minimum Gasteiger partial charge on any atom is -0.392 e. The van der Waals surface area contributed by atoms with Crippen molar-refractivity contribution in [1.82, 2.24) is 0 Å². The Morgan fingerprint density at radius 3 is 2.64 bits per heavy atom. The second-order valence-corrected chi connectivity index (χ2v) is 3.66. The van der Waals surface area contributed by atoms with Gasteiger partial charge in [-0.2, -0.15) is 0 Å². The lowest BCUT2D eigenvalue weighted by molar-refractivity contribution is -0.533. The van der Waals surface area contributed by atoms with E-state index in [0.717, 1.165) is 0 Å². The number of carbonyl (C=O) groups excluding carboxylic acids is 2. The number of carbonyl (C=O) groups is 2. The Labute approximate surface area is 79.4 Å². The highest BCUT2D eigenvalue weighted by atomic mass is 16.6. The molecule has 0 aromatic rings. The molecule has 1 heterocycles. The van der Waals surface area contributed by atoms with Gasteiger partial charge in [0.1, 0.15) is 5.92 Å². The largest absolute Gasteiger partial charge is 0.392 e. The lowest BCUT2D eigenvalue weighted by atomic mass is 9.78. The summed E-state index contributed by atoms with van der Waals surface area (Å²) in [6, 6.07) is -0.937. The maximum atomic E-state index is 11.2. The van der Waals surface area contributed by atoms with E-state index in [1.807, 2.05) is 0 Å². The monoisotopic (exact) mass is 199 g/mol. The van der Waals surface area contributed by atoms with E-state index >= 15 is 0 Å². The molecule has 14 heavy (non-hydrogen) atoms. The molecule has 1 aliphatic carbocycles. The van der Waals surface area contributed by atoms with Crippen molar-refractivity contribution in [3.8, 4) is 0 Å². The van der Waals surface area contributed by atoms with Crippen LogP contribution in [0.1, 0.15) is 19.3 Å². The first kappa shape index (κ1) is 9.11. The summed E-state index contributed by atoms with van der Waals surface area (Å²) in [4.78, 5) is 32.5. The molecule has 3 atom stereocenters. The van der Waals surface area contributed by atoms with Crippen molar-refractivity contribution in [1.29, 1.82) is 0 Å². The van der Waals surface area contributed by atoms with Gasteiger partial charge >= 0.3 is 11.9 Å². The smallest absolute Gasteiger partial charge is 0.324 e. The summed E-state index contributed by atoms with van der Waals surface area (Å²) in [6.07, 6.45) is 1.49. The number of hydrogen-bond acceptors (Lipinski definition) is 5. The first-order valence-corrected chi connectivity index (χ1v) is 4.50. The highest BCUT2D eigenvalue weighted by molar-refractivity contribution is 5.96. The van der Waals surface area contributed by atoms with Gasteiger partial charge in [0.25, 0.3) is 0 Å². The zero-order chi connectivity index (χ0) is 10.3. The van der Waals surface area contributed by atoms with Crippen LogP contribution >= 0.6 is 0 Å². The molecule has 0 aromatic heterocycles. The lowest BCUT2D eigenvalue weighted by Crippen LogP contribution is -2.39. The number of ether oxygens (including phenoxy) is 1. The molecule has 2 aliphatic rings. The molecule has 3 unspecified atom stereocenters. The molecule has 0 spiro atoms. The second kappa shape index (κ2) is 3.04. The molecule has 1 aliphatic heterocycles. The minimum atomic E-state index is -0.937. The molecule has 2 rings (SSSR count). The van der Waals surface area contributed by atoms with Gasteiger partial charge in [0.2, 0.25) is 6.04 Å². The lowest BCUT2D eigenvalue weighted by Gasteiger charge is -2.22. The third-order valence-electron chi connectivity index (χ3n) is 2.91. The fourth-order valence-corrected chi connectivity index (χ4v) is 2.24. The third-order valence-corrected chi connectivity index (χ3v) is 2.91. The summed E-state index contributed by atoms with van der Waals surface area (Å²) in [5.74, 6) is -2.73. The summed E-state index contributed by atoms with van der Waals surface area (Å²) in [5, 5.41) is 10.6. The van der Waals surface area contributed by atoms with Gasteiger partial charge in [-0.15, -0.1) is 0 Å². The predicted molar refractivity (Wildman–Crippen MR) is 42.7 cm³/mol. The van der Waals surface area contributed by atoms with Crippen molar-refractivity contribution in [2.45, 2.75) is 25.3 Å². The molecule has 6 nitrogen and oxygen atoms in total. The van der Waals surface area contributed by atoms with Crippen LogP contribution in [0.2, 0.25) is 0 Å². The van der Waals surface area contributed by atoms with Crippen molar-refractivity contribution in [3.05, 3.63) is 10.1 Å². The van der Waals surface area contributed by atoms with E-state index in [4.69, 9.17) is 0 Å². The van der Waals surface area contributed by atoms with Gasteiger partial charge in [-0.3, -0.25) is 19.7 Å². The summed E-state index contributed by atoms with van der Waals surface area (Å²) in [5.41, 5.74) is 0. The third kappa shape index (κ3) is 1.18. The number of cyclic esters (lactones) is 2. The molecular weight excluding hydrogens is 190 g/mol. The van der Waals surface area contributed by atoms with Gasteiger partial charge in [-0.25, -0.2) is 0 Å². The highest BCUT2D eigenvalue weighted by Gasteiger charge is 2.55. The average molecular weight is 199 g/mol. The molecule has 76 valence electrons. The van der Waals surface area contributed by atoms with Gasteiger partial charge in [0, 0.05) is 11.3 Å². The maximum Gasteiger partial charge on any atom is 0.324 e. The number of esters is 2. The van der Waals surface area contributed by atoms with Gasteiger partial charge in [0.15, 0.2) is 0 Å². The average Bonchev–Trinajstić information content (AvgIpc) is 2.43. The van der Waals surface area contributed by atoms with Crippen molar-refractivity contribution >= 4 is 11.9 Å². The van der Waals surface area contributed by atoms with Crippen LogP contribution in [0.3, 0.4) is 0 Å². The van der Waals surface area contributed by atoms with Crippen LogP contribution < -0.4 is 0 Å². The molecule has 6 heteroatoms. The number of fused-ring (bicyclic) bond motifs is 1. The molecule has 0 radical (unpaired) electrons. The Morgan fingerprint density at radius 1 is 1.29 bits per heavy atom. The van der Waals surface area contributed by atoms with Crippen molar-refractivity contribution < 1.29 is 19.2 Å². The zero-order valence-electron chi connectivity index (χ0n) is 7.34. The van der Waals surface area contributed by atoms with E-state index in [0.29, 0.717) is 19.3 Å². The minimum absolute atomic E-state index is 0.358. The quantitative estimate of drug-likeness (QED) is 0.259. The molecule has 1 saturated carbocycles. The van der Waals surface area contributed by atoms with E-state index in [2.05, 4.69) is 4.74 Å². The van der Waals surface area contributed by atoms with Crippen LogP contribution in [0, 0.1) is 22.0 Å². The topological polar surface area (TPSA) is 86.5 Å². The molecule has 0 amide bonds.